The molecule has 0 bridgehead atoms. The van der Waals surface area contributed by atoms with Crippen LogP contribution in [0.2, 0.25) is 0 Å². The van der Waals surface area contributed by atoms with E-state index in [1.165, 1.54) is 0 Å². The second-order valence-electron chi connectivity index (χ2n) is 6.15. The van der Waals surface area contributed by atoms with Crippen molar-refractivity contribution >= 4 is 30.1 Å². The quantitative estimate of drug-likeness (QED) is 0.804. The summed E-state index contributed by atoms with van der Waals surface area (Å²) in [5.74, 6) is 1.68. The monoisotopic (exact) mass is 381 g/mol. The van der Waals surface area contributed by atoms with Gasteiger partial charge in [-0.15, -0.1) is 24.2 Å². The Morgan fingerprint density at radius 2 is 2.16 bits per heavy atom. The Balaban J connectivity index is 0.00000225. The van der Waals surface area contributed by atoms with Crippen molar-refractivity contribution in [1.82, 2.24) is 15.4 Å². The molecule has 0 aliphatic carbocycles. The number of carbonyl (C=O) groups excluding carboxylic acids is 1. The number of aryl methyl sites for hydroxylation is 2. The number of carbonyl (C=O) groups is 1. The Kier molecular flexibility index (Phi) is 6.93. The summed E-state index contributed by atoms with van der Waals surface area (Å²) in [4.78, 5) is 15.8. The molecule has 1 aliphatic rings. The number of hydrogen-bond donors (Lipinski definition) is 1. The summed E-state index contributed by atoms with van der Waals surface area (Å²) in [6, 6.07) is 8.10. The molecule has 0 saturated carbocycles. The summed E-state index contributed by atoms with van der Waals surface area (Å²) in [5.41, 5.74) is 2.79. The van der Waals surface area contributed by atoms with Gasteiger partial charge in [-0.3, -0.25) is 4.79 Å². The van der Waals surface area contributed by atoms with Gasteiger partial charge in [0.15, 0.2) is 0 Å². The molecule has 136 valence electrons. The third kappa shape index (κ3) is 4.37. The summed E-state index contributed by atoms with van der Waals surface area (Å²) in [7, 11) is 1.90. The zero-order chi connectivity index (χ0) is 17.1. The average molecular weight is 382 g/mol. The van der Waals surface area contributed by atoms with Gasteiger partial charge < -0.3 is 14.7 Å². The van der Waals surface area contributed by atoms with Crippen LogP contribution in [0.5, 0.6) is 0 Å². The molecule has 5 nitrogen and oxygen atoms in total. The number of aromatic nitrogens is 1. The van der Waals surface area contributed by atoms with Gasteiger partial charge in [-0.1, -0.05) is 17.3 Å². The molecule has 1 fully saturated rings. The van der Waals surface area contributed by atoms with E-state index in [4.69, 9.17) is 4.52 Å². The first-order valence-electron chi connectivity index (χ1n) is 8.19. The number of thioether (sulfide) groups is 1. The zero-order valence-corrected chi connectivity index (χ0v) is 16.4. The van der Waals surface area contributed by atoms with Crippen molar-refractivity contribution in [2.75, 3.05) is 20.1 Å². The molecule has 1 unspecified atom stereocenters. The van der Waals surface area contributed by atoms with E-state index in [0.29, 0.717) is 0 Å². The Hall–Kier alpha value is -1.50. The maximum absolute atomic E-state index is 12.9. The summed E-state index contributed by atoms with van der Waals surface area (Å²) < 4.78 is 5.22. The van der Waals surface area contributed by atoms with Gasteiger partial charge in [-0.25, -0.2) is 0 Å². The lowest BCUT2D eigenvalue weighted by Gasteiger charge is -2.24. The van der Waals surface area contributed by atoms with Gasteiger partial charge in [0.2, 0.25) is 0 Å². The fourth-order valence-corrected chi connectivity index (χ4v) is 4.15. The first-order valence-corrected chi connectivity index (χ1v) is 9.18. The van der Waals surface area contributed by atoms with Crippen LogP contribution in [0.4, 0.5) is 0 Å². The normalized spacial score (nSPS) is 16.5. The van der Waals surface area contributed by atoms with Gasteiger partial charge >= 0.3 is 0 Å². The minimum Gasteiger partial charge on any atom is -0.361 e. The van der Waals surface area contributed by atoms with Crippen LogP contribution in [-0.2, 0) is 5.75 Å². The lowest BCUT2D eigenvalue weighted by molar-refractivity contribution is 0.0740. The minimum absolute atomic E-state index is 0. The summed E-state index contributed by atoms with van der Waals surface area (Å²) in [6.45, 7) is 5.72. The van der Waals surface area contributed by atoms with Gasteiger partial charge in [0, 0.05) is 35.8 Å². The summed E-state index contributed by atoms with van der Waals surface area (Å²) >= 11 is 1.66. The number of halogens is 1. The molecule has 1 atom stereocenters. The van der Waals surface area contributed by atoms with Crippen molar-refractivity contribution in [2.24, 2.45) is 0 Å². The molecule has 25 heavy (non-hydrogen) atoms. The number of nitrogens with zero attached hydrogens (tertiary/aromatic N) is 2. The van der Waals surface area contributed by atoms with Crippen LogP contribution in [0, 0.1) is 13.8 Å². The number of rotatable bonds is 5. The Morgan fingerprint density at radius 1 is 1.40 bits per heavy atom. The van der Waals surface area contributed by atoms with E-state index in [0.717, 1.165) is 52.7 Å². The smallest absolute Gasteiger partial charge is 0.255 e. The van der Waals surface area contributed by atoms with E-state index in [9.17, 15) is 4.79 Å². The van der Waals surface area contributed by atoms with Gasteiger partial charge in [0.25, 0.3) is 5.91 Å². The zero-order valence-electron chi connectivity index (χ0n) is 14.7. The molecule has 1 amide bonds. The third-order valence-electron chi connectivity index (χ3n) is 4.57. The van der Waals surface area contributed by atoms with Crippen molar-refractivity contribution in [3.05, 3.63) is 46.8 Å². The van der Waals surface area contributed by atoms with Crippen LogP contribution in [0.3, 0.4) is 0 Å². The number of hydrogen-bond acceptors (Lipinski definition) is 5. The Bertz CT molecular complexity index is 709. The predicted octanol–water partition coefficient (Wildman–Crippen LogP) is 3.44. The molecule has 0 spiro atoms. The van der Waals surface area contributed by atoms with Crippen molar-refractivity contribution in [3.63, 3.8) is 0 Å². The Labute approximate surface area is 158 Å². The number of nitrogens with one attached hydrogen (secondary N) is 1. The van der Waals surface area contributed by atoms with Crippen LogP contribution in [0.15, 0.2) is 33.7 Å². The second kappa shape index (κ2) is 8.74. The molecule has 1 saturated heterocycles. The second-order valence-corrected chi connectivity index (χ2v) is 7.17. The first-order chi connectivity index (χ1) is 11.6. The highest BCUT2D eigenvalue weighted by molar-refractivity contribution is 7.98. The van der Waals surface area contributed by atoms with E-state index >= 15 is 0 Å². The third-order valence-corrected chi connectivity index (χ3v) is 5.67. The van der Waals surface area contributed by atoms with Crippen LogP contribution >= 0.6 is 24.2 Å². The van der Waals surface area contributed by atoms with Gasteiger partial charge in [-0.05, 0) is 38.9 Å². The maximum atomic E-state index is 12.9. The fraction of sp³-hybridized carbons (Fsp3) is 0.444. The molecule has 3 rings (SSSR count). The highest BCUT2D eigenvalue weighted by Crippen LogP contribution is 2.29. The molecular weight excluding hydrogens is 358 g/mol. The molecule has 1 N–H and O–H groups in total. The standard InChI is InChI=1S/C18H23N3O2S.ClH/c1-12-16(13(2)23-20-12)11-24-17-7-5-4-6-15(17)18(22)21(3)14-8-9-19-10-14;/h4-7,14,19H,8-11H2,1-3H3;1H. The molecule has 1 aromatic heterocycles. The minimum atomic E-state index is 0. The number of benzene rings is 1. The van der Waals surface area contributed by atoms with E-state index in [1.807, 2.05) is 50.1 Å². The van der Waals surface area contributed by atoms with Gasteiger partial charge in [0.1, 0.15) is 5.76 Å². The van der Waals surface area contributed by atoms with E-state index in [1.54, 1.807) is 11.8 Å². The van der Waals surface area contributed by atoms with E-state index in [-0.39, 0.29) is 24.4 Å². The van der Waals surface area contributed by atoms with Crippen LogP contribution in [0.1, 0.15) is 33.8 Å². The molecule has 1 aromatic carbocycles. The van der Waals surface area contributed by atoms with Gasteiger partial charge in [0.05, 0.1) is 11.3 Å². The first kappa shape index (κ1) is 19.8. The SMILES string of the molecule is Cc1noc(C)c1CSc1ccccc1C(=O)N(C)C1CCNC1.Cl. The molecule has 1 aliphatic heterocycles. The maximum Gasteiger partial charge on any atom is 0.255 e. The molecule has 7 heteroatoms. The lowest BCUT2D eigenvalue weighted by atomic mass is 10.1. The largest absolute Gasteiger partial charge is 0.361 e. The van der Waals surface area contributed by atoms with Gasteiger partial charge in [-0.2, -0.15) is 0 Å². The number of likely N-dealkylation sites (N-methyl/N-ethyl adjacent to an activating group) is 1. The Morgan fingerprint density at radius 3 is 2.80 bits per heavy atom. The van der Waals surface area contributed by atoms with Crippen LogP contribution in [-0.4, -0.2) is 42.1 Å². The predicted molar refractivity (Wildman–Crippen MR) is 103 cm³/mol. The van der Waals surface area contributed by atoms with Crippen molar-refractivity contribution in [1.29, 1.82) is 0 Å². The van der Waals surface area contributed by atoms with Crippen LogP contribution < -0.4 is 5.32 Å². The molecule has 0 radical (unpaired) electrons. The van der Waals surface area contributed by atoms with Crippen molar-refractivity contribution in [3.8, 4) is 0 Å². The lowest BCUT2D eigenvalue weighted by Crippen LogP contribution is -2.38. The van der Waals surface area contributed by atoms with Crippen molar-refractivity contribution in [2.45, 2.75) is 37.0 Å². The van der Waals surface area contributed by atoms with E-state index in [2.05, 4.69) is 10.5 Å². The summed E-state index contributed by atoms with van der Waals surface area (Å²) in [6.07, 6.45) is 1.01. The average Bonchev–Trinajstić information content (AvgIpc) is 3.23. The topological polar surface area (TPSA) is 58.4 Å². The number of amides is 1. The highest BCUT2D eigenvalue weighted by Gasteiger charge is 2.25. The molecular formula is C18H24ClN3O2S. The molecule has 2 aromatic rings. The van der Waals surface area contributed by atoms with Crippen LogP contribution in [0.25, 0.3) is 0 Å². The fourth-order valence-electron chi connectivity index (χ4n) is 2.95. The molecule has 2 heterocycles. The highest BCUT2D eigenvalue weighted by atomic mass is 35.5. The summed E-state index contributed by atoms with van der Waals surface area (Å²) in [5, 5.41) is 7.31. The van der Waals surface area contributed by atoms with E-state index < -0.39 is 0 Å². The van der Waals surface area contributed by atoms with Crippen molar-refractivity contribution < 1.29 is 9.32 Å².